The first-order valence-electron chi connectivity index (χ1n) is 6.88. The van der Waals surface area contributed by atoms with Crippen molar-refractivity contribution in [3.63, 3.8) is 0 Å². The average molecular weight is 313 g/mol. The zero-order valence-corrected chi connectivity index (χ0v) is 13.4. The third-order valence-electron chi connectivity index (χ3n) is 2.97. The summed E-state index contributed by atoms with van der Waals surface area (Å²) < 4.78 is 5.23. The number of amides is 2. The number of halogens is 1. The fourth-order valence-corrected chi connectivity index (χ4v) is 2.01. The Kier molecular flexibility index (Phi) is 7.02. The Morgan fingerprint density at radius 1 is 1.38 bits per heavy atom. The van der Waals surface area contributed by atoms with Gasteiger partial charge in [0.15, 0.2) is 0 Å². The summed E-state index contributed by atoms with van der Waals surface area (Å²) in [4.78, 5) is 25.1. The summed E-state index contributed by atoms with van der Waals surface area (Å²) in [5.41, 5.74) is 0.489. The van der Waals surface area contributed by atoms with E-state index in [0.29, 0.717) is 23.0 Å². The molecule has 21 heavy (non-hydrogen) atoms. The molecule has 0 bridgehead atoms. The van der Waals surface area contributed by atoms with E-state index in [4.69, 9.17) is 16.3 Å². The molecule has 1 aromatic rings. The Balaban J connectivity index is 2.89. The van der Waals surface area contributed by atoms with Gasteiger partial charge in [-0.2, -0.15) is 0 Å². The van der Waals surface area contributed by atoms with Gasteiger partial charge in [0, 0.05) is 18.5 Å². The molecule has 0 atom stereocenters. The summed E-state index contributed by atoms with van der Waals surface area (Å²) >= 11 is 5.97. The third kappa shape index (κ3) is 5.27. The Morgan fingerprint density at radius 3 is 2.67 bits per heavy atom. The number of carbonyl (C=O) groups is 2. The van der Waals surface area contributed by atoms with Gasteiger partial charge in [0.2, 0.25) is 11.8 Å². The molecular formula is C15H21ClN2O3. The molecule has 6 heteroatoms. The van der Waals surface area contributed by atoms with Crippen LogP contribution in [0.25, 0.3) is 0 Å². The molecule has 0 spiro atoms. The van der Waals surface area contributed by atoms with E-state index in [0.717, 1.165) is 12.8 Å². The third-order valence-corrected chi connectivity index (χ3v) is 3.20. The Labute approximate surface area is 130 Å². The molecule has 0 saturated carbocycles. The first-order chi connectivity index (χ1) is 9.99. The lowest BCUT2D eigenvalue weighted by Gasteiger charge is -2.23. The van der Waals surface area contributed by atoms with Gasteiger partial charge in [-0.1, -0.05) is 24.9 Å². The molecule has 0 aliphatic rings. The molecule has 0 unspecified atom stereocenters. The first kappa shape index (κ1) is 17.3. The van der Waals surface area contributed by atoms with Gasteiger partial charge in [0.05, 0.1) is 12.8 Å². The quantitative estimate of drug-likeness (QED) is 0.787. The molecule has 1 N–H and O–H groups in total. The van der Waals surface area contributed by atoms with Crippen LogP contribution in [-0.4, -0.2) is 32.0 Å². The van der Waals surface area contributed by atoms with E-state index >= 15 is 0 Å². The average Bonchev–Trinajstić information content (AvgIpc) is 2.44. The van der Waals surface area contributed by atoms with Gasteiger partial charge >= 0.3 is 0 Å². The van der Waals surface area contributed by atoms with Crippen LogP contribution in [0.1, 0.15) is 26.7 Å². The Bertz CT molecular complexity index is 506. The van der Waals surface area contributed by atoms with Crippen LogP contribution in [0.4, 0.5) is 5.69 Å². The largest absolute Gasteiger partial charge is 0.495 e. The predicted octanol–water partition coefficient (Wildman–Crippen LogP) is 2.62. The van der Waals surface area contributed by atoms with Crippen molar-refractivity contribution in [2.45, 2.75) is 26.7 Å². The highest BCUT2D eigenvalue weighted by Gasteiger charge is 2.19. The van der Waals surface area contributed by atoms with Crippen molar-refractivity contribution < 1.29 is 14.3 Å². The Hall–Kier alpha value is -1.75. The lowest BCUT2D eigenvalue weighted by atomic mass is 10.2. The van der Waals surface area contributed by atoms with Crippen LogP contribution in [-0.2, 0) is 9.59 Å². The number of nitrogens with one attached hydrogen (secondary N) is 1. The van der Waals surface area contributed by atoms with Gasteiger partial charge in [-0.3, -0.25) is 14.5 Å². The monoisotopic (exact) mass is 312 g/mol. The van der Waals surface area contributed by atoms with Crippen molar-refractivity contribution in [2.24, 2.45) is 0 Å². The topological polar surface area (TPSA) is 58.6 Å². The number of rotatable bonds is 7. The standard InChI is InChI=1S/C15H21ClN2O3/c1-4-5-8-17-15(20)10-18(11(2)19)13-9-12(16)6-7-14(13)21-3/h6-7,9H,4-5,8,10H2,1-3H3,(H,17,20). The van der Waals surface area contributed by atoms with Gasteiger partial charge in [0.25, 0.3) is 0 Å². The van der Waals surface area contributed by atoms with E-state index in [-0.39, 0.29) is 18.4 Å². The van der Waals surface area contributed by atoms with Crippen LogP contribution in [0.3, 0.4) is 0 Å². The van der Waals surface area contributed by atoms with E-state index in [9.17, 15) is 9.59 Å². The second kappa shape index (κ2) is 8.52. The van der Waals surface area contributed by atoms with E-state index < -0.39 is 0 Å². The molecule has 0 fully saturated rings. The van der Waals surface area contributed by atoms with E-state index in [1.54, 1.807) is 18.2 Å². The second-order valence-corrected chi connectivity index (χ2v) is 5.06. The van der Waals surface area contributed by atoms with Gasteiger partial charge in [-0.15, -0.1) is 0 Å². The number of benzene rings is 1. The lowest BCUT2D eigenvalue weighted by molar-refractivity contribution is -0.123. The highest BCUT2D eigenvalue weighted by molar-refractivity contribution is 6.31. The predicted molar refractivity (Wildman–Crippen MR) is 83.9 cm³/mol. The number of hydrogen-bond acceptors (Lipinski definition) is 3. The van der Waals surface area contributed by atoms with Gasteiger partial charge < -0.3 is 10.1 Å². The number of nitrogens with zero attached hydrogens (tertiary/aromatic N) is 1. The molecule has 0 saturated heterocycles. The molecule has 2 amide bonds. The van der Waals surface area contributed by atoms with Crippen molar-refractivity contribution in [3.8, 4) is 5.75 Å². The highest BCUT2D eigenvalue weighted by Crippen LogP contribution is 2.31. The molecule has 116 valence electrons. The number of hydrogen-bond donors (Lipinski definition) is 1. The van der Waals surface area contributed by atoms with Gasteiger partial charge in [-0.05, 0) is 24.6 Å². The van der Waals surface area contributed by atoms with E-state index in [1.807, 2.05) is 6.92 Å². The summed E-state index contributed by atoms with van der Waals surface area (Å²) in [7, 11) is 1.51. The fraction of sp³-hybridized carbons (Fsp3) is 0.467. The molecule has 0 aliphatic heterocycles. The number of methoxy groups -OCH3 is 1. The van der Waals surface area contributed by atoms with Crippen LogP contribution < -0.4 is 15.0 Å². The molecule has 1 rings (SSSR count). The number of unbranched alkanes of at least 4 members (excludes halogenated alkanes) is 1. The van der Waals surface area contributed by atoms with Gasteiger partial charge in [0.1, 0.15) is 12.3 Å². The van der Waals surface area contributed by atoms with Crippen LogP contribution in [0.5, 0.6) is 5.75 Å². The minimum absolute atomic E-state index is 0.0598. The smallest absolute Gasteiger partial charge is 0.240 e. The summed E-state index contributed by atoms with van der Waals surface area (Å²) in [6, 6.07) is 4.95. The van der Waals surface area contributed by atoms with Crippen LogP contribution in [0.2, 0.25) is 5.02 Å². The van der Waals surface area contributed by atoms with Crippen molar-refractivity contribution in [1.29, 1.82) is 0 Å². The molecular weight excluding hydrogens is 292 g/mol. The van der Waals surface area contributed by atoms with Gasteiger partial charge in [-0.25, -0.2) is 0 Å². The van der Waals surface area contributed by atoms with E-state index in [2.05, 4.69) is 5.32 Å². The lowest BCUT2D eigenvalue weighted by Crippen LogP contribution is -2.40. The van der Waals surface area contributed by atoms with Crippen LogP contribution in [0.15, 0.2) is 18.2 Å². The molecule has 5 nitrogen and oxygen atoms in total. The Morgan fingerprint density at radius 2 is 2.10 bits per heavy atom. The minimum atomic E-state index is -0.249. The normalized spacial score (nSPS) is 10.1. The summed E-state index contributed by atoms with van der Waals surface area (Å²) in [6.45, 7) is 3.99. The zero-order chi connectivity index (χ0) is 15.8. The summed E-state index contributed by atoms with van der Waals surface area (Å²) in [5.74, 6) is 0.0397. The van der Waals surface area contributed by atoms with Crippen molar-refractivity contribution in [1.82, 2.24) is 5.32 Å². The molecule has 0 aromatic heterocycles. The molecule has 0 aliphatic carbocycles. The van der Waals surface area contributed by atoms with Crippen LogP contribution >= 0.6 is 11.6 Å². The first-order valence-corrected chi connectivity index (χ1v) is 7.25. The number of anilines is 1. The van der Waals surface area contributed by atoms with Crippen molar-refractivity contribution in [2.75, 3.05) is 25.1 Å². The van der Waals surface area contributed by atoms with Crippen LogP contribution in [0, 0.1) is 0 Å². The number of ether oxygens (including phenoxy) is 1. The maximum atomic E-state index is 11.9. The maximum absolute atomic E-state index is 11.9. The molecule has 0 radical (unpaired) electrons. The van der Waals surface area contributed by atoms with Crippen molar-refractivity contribution in [3.05, 3.63) is 23.2 Å². The number of carbonyl (C=O) groups excluding carboxylic acids is 2. The summed E-state index contributed by atoms with van der Waals surface area (Å²) in [6.07, 6.45) is 1.91. The summed E-state index contributed by atoms with van der Waals surface area (Å²) in [5, 5.41) is 3.26. The highest BCUT2D eigenvalue weighted by atomic mass is 35.5. The second-order valence-electron chi connectivity index (χ2n) is 4.62. The molecule has 1 aromatic carbocycles. The zero-order valence-electron chi connectivity index (χ0n) is 12.6. The fourth-order valence-electron chi connectivity index (χ4n) is 1.84. The van der Waals surface area contributed by atoms with Crippen molar-refractivity contribution >= 4 is 29.1 Å². The SMILES string of the molecule is CCCCNC(=O)CN(C(C)=O)c1cc(Cl)ccc1OC. The minimum Gasteiger partial charge on any atom is -0.495 e. The maximum Gasteiger partial charge on any atom is 0.240 e. The molecule has 0 heterocycles. The van der Waals surface area contributed by atoms with E-state index in [1.165, 1.54) is 18.9 Å².